The first-order chi connectivity index (χ1) is 13.4. The van der Waals surface area contributed by atoms with E-state index in [2.05, 4.69) is 6.92 Å². The Balaban J connectivity index is 3.24. The normalized spacial score (nSPS) is 11.6. The first kappa shape index (κ1) is 27.1. The number of carbonyl (C=O) groups excluding carboxylic acids is 1. The highest BCUT2D eigenvalue weighted by atomic mass is 16.6. The Kier molecular flexibility index (Phi) is 17.6. The predicted octanol–water partition coefficient (Wildman–Crippen LogP) is 5.04. The van der Waals surface area contributed by atoms with Crippen LogP contribution in [0.3, 0.4) is 0 Å². The van der Waals surface area contributed by atoms with E-state index in [4.69, 9.17) is 18.9 Å². The second-order valence-electron chi connectivity index (χ2n) is 8.21. The molecule has 6 nitrogen and oxygen atoms in total. The van der Waals surface area contributed by atoms with Crippen molar-refractivity contribution in [1.29, 1.82) is 0 Å². The Hall–Kier alpha value is -0.850. The Bertz CT molecular complexity index is 357. The molecule has 28 heavy (non-hydrogen) atoms. The van der Waals surface area contributed by atoms with Crippen molar-refractivity contribution in [2.24, 2.45) is 0 Å². The van der Waals surface area contributed by atoms with E-state index in [1.807, 2.05) is 20.8 Å². The number of amides is 1. The van der Waals surface area contributed by atoms with Crippen LogP contribution in [0, 0.1) is 0 Å². The van der Waals surface area contributed by atoms with Crippen molar-refractivity contribution in [3.63, 3.8) is 0 Å². The van der Waals surface area contributed by atoms with Crippen molar-refractivity contribution < 1.29 is 23.7 Å². The third-order valence-corrected chi connectivity index (χ3v) is 4.16. The summed E-state index contributed by atoms with van der Waals surface area (Å²) in [6, 6.07) is 0. The minimum absolute atomic E-state index is 0.332. The molecule has 0 saturated heterocycles. The summed E-state index contributed by atoms with van der Waals surface area (Å²) in [4.78, 5) is 13.3. The fourth-order valence-corrected chi connectivity index (χ4v) is 2.51. The van der Waals surface area contributed by atoms with Gasteiger partial charge in [0.1, 0.15) is 5.60 Å². The third-order valence-electron chi connectivity index (χ3n) is 4.16. The second kappa shape index (κ2) is 18.2. The monoisotopic (exact) mass is 403 g/mol. The number of unbranched alkanes of at least 4 members (excludes halogenated alkanes) is 7. The minimum atomic E-state index is -0.476. The van der Waals surface area contributed by atoms with Crippen molar-refractivity contribution in [1.82, 2.24) is 4.90 Å². The van der Waals surface area contributed by atoms with Gasteiger partial charge < -0.3 is 23.8 Å². The lowest BCUT2D eigenvalue weighted by Crippen LogP contribution is -2.36. The Morgan fingerprint density at radius 3 is 1.71 bits per heavy atom. The Morgan fingerprint density at radius 1 is 0.714 bits per heavy atom. The number of carbonyl (C=O) groups is 1. The predicted molar refractivity (Wildman–Crippen MR) is 114 cm³/mol. The highest BCUT2D eigenvalue weighted by Gasteiger charge is 2.19. The van der Waals surface area contributed by atoms with Crippen LogP contribution >= 0.6 is 0 Å². The molecule has 168 valence electrons. The van der Waals surface area contributed by atoms with E-state index < -0.39 is 5.60 Å². The van der Waals surface area contributed by atoms with Gasteiger partial charge in [-0.25, -0.2) is 4.79 Å². The summed E-state index contributed by atoms with van der Waals surface area (Å²) in [5.74, 6) is 0. The molecule has 0 radical (unpaired) electrons. The van der Waals surface area contributed by atoms with E-state index in [9.17, 15) is 4.79 Å². The van der Waals surface area contributed by atoms with E-state index >= 15 is 0 Å². The zero-order valence-corrected chi connectivity index (χ0v) is 19.1. The first-order valence-corrected chi connectivity index (χ1v) is 11.0. The van der Waals surface area contributed by atoms with Crippen LogP contribution in [0.4, 0.5) is 4.79 Å². The highest BCUT2D eigenvalue weighted by molar-refractivity contribution is 5.67. The van der Waals surface area contributed by atoms with Gasteiger partial charge >= 0.3 is 6.09 Å². The fourth-order valence-electron chi connectivity index (χ4n) is 2.51. The molecule has 6 heteroatoms. The molecule has 1 amide bonds. The average molecular weight is 404 g/mol. The molecule has 0 atom stereocenters. The molecule has 0 aliphatic heterocycles. The number of hydrogen-bond acceptors (Lipinski definition) is 5. The molecule has 0 aliphatic rings. The molecule has 0 fully saturated rings. The van der Waals surface area contributed by atoms with Gasteiger partial charge in [-0.15, -0.1) is 0 Å². The maximum Gasteiger partial charge on any atom is 0.410 e. The van der Waals surface area contributed by atoms with Crippen molar-refractivity contribution >= 4 is 6.09 Å². The third kappa shape index (κ3) is 19.9. The quantitative estimate of drug-likeness (QED) is 0.300. The first-order valence-electron chi connectivity index (χ1n) is 11.0. The minimum Gasteiger partial charge on any atom is -0.444 e. The smallest absolute Gasteiger partial charge is 0.410 e. The van der Waals surface area contributed by atoms with E-state index in [0.717, 1.165) is 13.0 Å². The molecule has 0 rings (SSSR count). The van der Waals surface area contributed by atoms with Crippen molar-refractivity contribution in [2.75, 3.05) is 53.2 Å². The summed E-state index contributed by atoms with van der Waals surface area (Å²) in [6.45, 7) is 11.9. The molecule has 0 saturated carbocycles. The van der Waals surface area contributed by atoms with Gasteiger partial charge in [0.25, 0.3) is 0 Å². The van der Waals surface area contributed by atoms with Gasteiger partial charge in [-0.2, -0.15) is 0 Å². The zero-order chi connectivity index (χ0) is 21.1. The summed E-state index contributed by atoms with van der Waals surface area (Å²) in [5.41, 5.74) is -0.476. The molecule has 0 N–H and O–H groups in total. The molecular formula is C22H45NO5. The maximum absolute atomic E-state index is 11.8. The molecule has 0 aromatic rings. The van der Waals surface area contributed by atoms with Gasteiger partial charge in [0.15, 0.2) is 0 Å². The Morgan fingerprint density at radius 2 is 1.18 bits per heavy atom. The van der Waals surface area contributed by atoms with Crippen molar-refractivity contribution in [3.8, 4) is 0 Å². The summed E-state index contributed by atoms with van der Waals surface area (Å²) in [7, 11) is 1.71. The van der Waals surface area contributed by atoms with Crippen LogP contribution < -0.4 is 0 Å². The molecule has 0 unspecified atom stereocenters. The average Bonchev–Trinajstić information content (AvgIpc) is 2.62. The fraction of sp³-hybridized carbons (Fsp3) is 0.955. The molecule has 0 heterocycles. The van der Waals surface area contributed by atoms with Gasteiger partial charge in [0.2, 0.25) is 0 Å². The second-order valence-corrected chi connectivity index (χ2v) is 8.21. The van der Waals surface area contributed by atoms with Crippen molar-refractivity contribution in [3.05, 3.63) is 0 Å². The summed E-state index contributed by atoms with van der Waals surface area (Å²) in [5, 5.41) is 0. The van der Waals surface area contributed by atoms with E-state index in [1.165, 1.54) is 49.8 Å². The molecule has 0 aliphatic carbocycles. The number of hydrogen-bond donors (Lipinski definition) is 0. The van der Waals surface area contributed by atoms with Gasteiger partial charge in [-0.3, -0.25) is 0 Å². The lowest BCUT2D eigenvalue weighted by atomic mass is 10.1. The van der Waals surface area contributed by atoms with Gasteiger partial charge in [0, 0.05) is 20.2 Å². The van der Waals surface area contributed by atoms with E-state index in [-0.39, 0.29) is 6.09 Å². The SMILES string of the molecule is CCCCCCCCCCOCCOCCOCCN(C)C(=O)OC(C)(C)C. The summed E-state index contributed by atoms with van der Waals surface area (Å²) < 4.78 is 21.8. The van der Waals surface area contributed by atoms with Gasteiger partial charge in [-0.1, -0.05) is 51.9 Å². The summed E-state index contributed by atoms with van der Waals surface area (Å²) >= 11 is 0. The van der Waals surface area contributed by atoms with Crippen LogP contribution in [0.15, 0.2) is 0 Å². The molecule has 0 bridgehead atoms. The molecule has 0 aromatic heterocycles. The van der Waals surface area contributed by atoms with Crippen LogP contribution in [-0.4, -0.2) is 69.8 Å². The lowest BCUT2D eigenvalue weighted by Gasteiger charge is -2.24. The summed E-state index contributed by atoms with van der Waals surface area (Å²) in [6.07, 6.45) is 10.2. The van der Waals surface area contributed by atoms with E-state index in [1.54, 1.807) is 7.05 Å². The highest BCUT2D eigenvalue weighted by Crippen LogP contribution is 2.09. The number of rotatable bonds is 18. The number of nitrogens with zero attached hydrogens (tertiary/aromatic N) is 1. The van der Waals surface area contributed by atoms with Crippen LogP contribution in [0.5, 0.6) is 0 Å². The molecule has 0 spiro atoms. The Labute approximate surface area is 173 Å². The van der Waals surface area contributed by atoms with Crippen LogP contribution in [0.25, 0.3) is 0 Å². The largest absolute Gasteiger partial charge is 0.444 e. The van der Waals surface area contributed by atoms with Crippen molar-refractivity contribution in [2.45, 2.75) is 84.7 Å². The molecular weight excluding hydrogens is 358 g/mol. The topological polar surface area (TPSA) is 57.2 Å². The standard InChI is InChI=1S/C22H45NO5/c1-6-7-8-9-10-11-12-13-15-25-17-19-27-20-18-26-16-14-23(5)21(24)28-22(2,3)4/h6-20H2,1-5H3. The van der Waals surface area contributed by atoms with Crippen LogP contribution in [0.1, 0.15) is 79.1 Å². The molecule has 0 aromatic carbocycles. The maximum atomic E-state index is 11.8. The van der Waals surface area contributed by atoms with E-state index in [0.29, 0.717) is 39.6 Å². The zero-order valence-electron chi connectivity index (χ0n) is 19.1. The van der Waals surface area contributed by atoms with Crippen LogP contribution in [0.2, 0.25) is 0 Å². The lowest BCUT2D eigenvalue weighted by molar-refractivity contribution is 0.00443. The van der Waals surface area contributed by atoms with Gasteiger partial charge in [-0.05, 0) is 27.2 Å². The number of ether oxygens (including phenoxy) is 4. The van der Waals surface area contributed by atoms with Crippen LogP contribution in [-0.2, 0) is 18.9 Å². The van der Waals surface area contributed by atoms with Gasteiger partial charge in [0.05, 0.1) is 33.0 Å². The number of likely N-dealkylation sites (N-methyl/N-ethyl adjacent to an activating group) is 1.